The van der Waals surface area contributed by atoms with Gasteiger partial charge in [-0.2, -0.15) is 5.10 Å². The van der Waals surface area contributed by atoms with E-state index in [1.807, 2.05) is 30.3 Å². The molecule has 1 aliphatic heterocycles. The molecule has 2 unspecified atom stereocenters. The molecule has 8 nitrogen and oxygen atoms in total. The van der Waals surface area contributed by atoms with Crippen LogP contribution in [0.5, 0.6) is 5.75 Å². The van der Waals surface area contributed by atoms with Crippen LogP contribution in [0.3, 0.4) is 0 Å². The lowest BCUT2D eigenvalue weighted by Crippen LogP contribution is -2.58. The number of ether oxygens (including phenoxy) is 2. The van der Waals surface area contributed by atoms with Gasteiger partial charge in [0.15, 0.2) is 0 Å². The Morgan fingerprint density at radius 1 is 1.16 bits per heavy atom. The van der Waals surface area contributed by atoms with Crippen molar-refractivity contribution in [1.82, 2.24) is 20.0 Å². The number of nitrogens with zero attached hydrogens (tertiary/aromatic N) is 3. The molecule has 0 bridgehead atoms. The number of carbonyl (C=O) groups excluding carboxylic acids is 1. The first kappa shape index (κ1) is 23.0. The van der Waals surface area contributed by atoms with Crippen molar-refractivity contribution in [2.75, 3.05) is 26.2 Å². The van der Waals surface area contributed by atoms with Gasteiger partial charge in [0.25, 0.3) is 11.5 Å². The summed E-state index contributed by atoms with van der Waals surface area (Å²) in [6.45, 7) is 11.0. The van der Waals surface area contributed by atoms with E-state index < -0.39 is 0 Å². The molecule has 1 aromatic carbocycles. The molecule has 31 heavy (non-hydrogen) atoms. The van der Waals surface area contributed by atoms with Crippen LogP contribution in [0.1, 0.15) is 38.2 Å². The molecule has 8 heteroatoms. The summed E-state index contributed by atoms with van der Waals surface area (Å²) in [4.78, 5) is 27.1. The number of nitrogens with one attached hydrogen (secondary N) is 1. The summed E-state index contributed by atoms with van der Waals surface area (Å²) < 4.78 is 12.7. The van der Waals surface area contributed by atoms with Crippen LogP contribution >= 0.6 is 0 Å². The number of benzene rings is 1. The van der Waals surface area contributed by atoms with Gasteiger partial charge in [0.05, 0.1) is 18.8 Å². The molecule has 0 saturated carbocycles. The number of morpholine rings is 1. The van der Waals surface area contributed by atoms with Gasteiger partial charge in [-0.25, -0.2) is 4.68 Å². The molecule has 2 aromatic rings. The van der Waals surface area contributed by atoms with E-state index >= 15 is 0 Å². The lowest BCUT2D eigenvalue weighted by Gasteiger charge is -2.45. The molecule has 1 saturated heterocycles. The van der Waals surface area contributed by atoms with E-state index in [2.05, 4.69) is 43.0 Å². The van der Waals surface area contributed by atoms with Crippen molar-refractivity contribution in [2.45, 2.75) is 52.0 Å². The zero-order chi connectivity index (χ0) is 22.4. The zero-order valence-corrected chi connectivity index (χ0v) is 18.7. The van der Waals surface area contributed by atoms with Gasteiger partial charge in [-0.1, -0.05) is 18.2 Å². The van der Waals surface area contributed by atoms with Gasteiger partial charge in [0.1, 0.15) is 18.1 Å². The highest BCUT2D eigenvalue weighted by Crippen LogP contribution is 2.20. The second-order valence-corrected chi connectivity index (χ2v) is 8.60. The van der Waals surface area contributed by atoms with Gasteiger partial charge in [-0.05, 0) is 45.9 Å². The minimum atomic E-state index is -0.305. The first-order chi connectivity index (χ1) is 14.7. The number of hydrogen-bond acceptors (Lipinski definition) is 6. The van der Waals surface area contributed by atoms with Crippen molar-refractivity contribution in [2.24, 2.45) is 0 Å². The molecular formula is C23H32N4O4. The highest BCUT2D eigenvalue weighted by atomic mass is 16.5. The molecule has 2 heterocycles. The fourth-order valence-electron chi connectivity index (χ4n) is 3.67. The minimum absolute atomic E-state index is 0.155. The fourth-order valence-corrected chi connectivity index (χ4v) is 3.67. The van der Waals surface area contributed by atoms with Gasteiger partial charge >= 0.3 is 0 Å². The third kappa shape index (κ3) is 6.38. The zero-order valence-electron chi connectivity index (χ0n) is 18.7. The average molecular weight is 429 g/mol. The van der Waals surface area contributed by atoms with Crippen LogP contribution in [-0.2, 0) is 11.3 Å². The molecule has 1 fully saturated rings. The second kappa shape index (κ2) is 10.1. The van der Waals surface area contributed by atoms with Gasteiger partial charge in [-0.15, -0.1) is 0 Å². The molecule has 1 N–H and O–H groups in total. The Bertz CT molecular complexity index is 919. The van der Waals surface area contributed by atoms with Crippen LogP contribution in [0, 0.1) is 0 Å². The number of rotatable bonds is 8. The Morgan fingerprint density at radius 2 is 1.84 bits per heavy atom. The van der Waals surface area contributed by atoms with Crippen LogP contribution in [0.15, 0.2) is 47.3 Å². The normalized spacial score (nSPS) is 19.7. The molecule has 0 spiro atoms. The molecule has 1 amide bonds. The molecule has 0 radical (unpaired) electrons. The molecule has 1 aromatic heterocycles. The summed E-state index contributed by atoms with van der Waals surface area (Å²) >= 11 is 0. The van der Waals surface area contributed by atoms with Crippen LogP contribution < -0.4 is 15.6 Å². The smallest absolute Gasteiger partial charge is 0.271 e. The first-order valence-corrected chi connectivity index (χ1v) is 10.7. The van der Waals surface area contributed by atoms with Gasteiger partial charge in [0.2, 0.25) is 0 Å². The molecule has 0 aliphatic carbocycles. The number of hydrogen-bond donors (Lipinski definition) is 1. The molecule has 2 atom stereocenters. The molecule has 168 valence electrons. The topological polar surface area (TPSA) is 85.7 Å². The largest absolute Gasteiger partial charge is 0.492 e. The van der Waals surface area contributed by atoms with Crippen molar-refractivity contribution in [3.05, 3.63) is 58.5 Å². The van der Waals surface area contributed by atoms with Crippen molar-refractivity contribution >= 4 is 5.91 Å². The van der Waals surface area contributed by atoms with E-state index in [4.69, 9.17) is 9.47 Å². The number of aromatic nitrogens is 2. The minimum Gasteiger partial charge on any atom is -0.492 e. The summed E-state index contributed by atoms with van der Waals surface area (Å²) in [7, 11) is 0. The fraction of sp³-hybridized carbons (Fsp3) is 0.522. The van der Waals surface area contributed by atoms with E-state index in [1.54, 1.807) is 0 Å². The maximum absolute atomic E-state index is 12.7. The first-order valence-electron chi connectivity index (χ1n) is 10.7. The van der Waals surface area contributed by atoms with Gasteiger partial charge in [0, 0.05) is 31.2 Å². The van der Waals surface area contributed by atoms with Crippen molar-refractivity contribution in [3.63, 3.8) is 0 Å². The monoisotopic (exact) mass is 428 g/mol. The van der Waals surface area contributed by atoms with E-state index in [1.165, 1.54) is 16.8 Å². The van der Waals surface area contributed by atoms with Crippen molar-refractivity contribution < 1.29 is 14.3 Å². The van der Waals surface area contributed by atoms with Crippen LogP contribution in [0.4, 0.5) is 0 Å². The van der Waals surface area contributed by atoms with E-state index in [9.17, 15) is 9.59 Å². The SMILES string of the molecule is CC1CN(C(C)(C)CNC(=O)c2ccc(=O)n(CCOc3ccccc3)n2)CC(C)O1. The Labute approximate surface area is 183 Å². The Morgan fingerprint density at radius 3 is 2.52 bits per heavy atom. The Hall–Kier alpha value is -2.71. The Kier molecular flexibility index (Phi) is 7.46. The summed E-state index contributed by atoms with van der Waals surface area (Å²) in [6.07, 6.45) is 0.309. The number of amides is 1. The summed E-state index contributed by atoms with van der Waals surface area (Å²) in [5.74, 6) is 0.415. The maximum Gasteiger partial charge on any atom is 0.271 e. The lowest BCUT2D eigenvalue weighted by molar-refractivity contribution is -0.0948. The summed E-state index contributed by atoms with van der Waals surface area (Å²) in [5.41, 5.74) is -0.302. The van der Waals surface area contributed by atoms with Crippen molar-refractivity contribution in [1.29, 1.82) is 0 Å². The summed E-state index contributed by atoms with van der Waals surface area (Å²) in [5, 5.41) is 7.18. The van der Waals surface area contributed by atoms with Crippen LogP contribution in [-0.4, -0.2) is 64.6 Å². The van der Waals surface area contributed by atoms with Crippen LogP contribution in [0.25, 0.3) is 0 Å². The third-order valence-electron chi connectivity index (χ3n) is 5.37. The van der Waals surface area contributed by atoms with E-state index in [-0.39, 0.29) is 48.1 Å². The highest BCUT2D eigenvalue weighted by molar-refractivity contribution is 5.92. The van der Waals surface area contributed by atoms with E-state index in [0.29, 0.717) is 6.54 Å². The lowest BCUT2D eigenvalue weighted by atomic mass is 10.00. The van der Waals surface area contributed by atoms with Gasteiger partial charge < -0.3 is 14.8 Å². The quantitative estimate of drug-likeness (QED) is 0.692. The molecule has 3 rings (SSSR count). The Balaban J connectivity index is 1.57. The van der Waals surface area contributed by atoms with Crippen LogP contribution in [0.2, 0.25) is 0 Å². The molecule has 1 aliphatic rings. The standard InChI is InChI=1S/C23H32N4O4/c1-17-14-26(15-18(2)31-17)23(3,4)16-24-22(29)20-10-11-21(28)27(25-20)12-13-30-19-8-6-5-7-9-19/h5-11,17-18H,12-16H2,1-4H3,(H,24,29). The number of carbonyl (C=O) groups is 1. The third-order valence-corrected chi connectivity index (χ3v) is 5.37. The average Bonchev–Trinajstić information content (AvgIpc) is 2.73. The second-order valence-electron chi connectivity index (χ2n) is 8.60. The highest BCUT2D eigenvalue weighted by Gasteiger charge is 2.33. The predicted molar refractivity (Wildman–Crippen MR) is 118 cm³/mol. The summed E-state index contributed by atoms with van der Waals surface area (Å²) in [6, 6.07) is 12.2. The number of para-hydroxylation sites is 1. The maximum atomic E-state index is 12.7. The van der Waals surface area contributed by atoms with Gasteiger partial charge in [-0.3, -0.25) is 14.5 Å². The van der Waals surface area contributed by atoms with E-state index in [0.717, 1.165) is 18.8 Å². The molecular weight excluding hydrogens is 396 g/mol. The van der Waals surface area contributed by atoms with Crippen molar-refractivity contribution in [3.8, 4) is 5.75 Å². The predicted octanol–water partition coefficient (Wildman–Crippen LogP) is 1.94.